The van der Waals surface area contributed by atoms with Crippen LogP contribution in [0.25, 0.3) is 0 Å². The number of methoxy groups -OCH3 is 2. The van der Waals surface area contributed by atoms with E-state index in [-0.39, 0.29) is 22.9 Å². The minimum atomic E-state index is -0.161. The molecule has 0 bridgehead atoms. The summed E-state index contributed by atoms with van der Waals surface area (Å²) in [6, 6.07) is 0. The molecule has 0 radical (unpaired) electrons. The van der Waals surface area contributed by atoms with Gasteiger partial charge < -0.3 is 14.5 Å². The van der Waals surface area contributed by atoms with Crippen molar-refractivity contribution in [1.29, 1.82) is 0 Å². The van der Waals surface area contributed by atoms with Gasteiger partial charge in [-0.2, -0.15) is 0 Å². The number of aromatic nitrogens is 1. The number of carbonyl (C=O) groups is 1. The number of ketones is 1. The number of H-pyrrole nitrogens is 1. The van der Waals surface area contributed by atoms with Crippen molar-refractivity contribution in [1.82, 2.24) is 4.98 Å². The van der Waals surface area contributed by atoms with E-state index in [2.05, 4.69) is 24.1 Å². The number of pyridine rings is 1. The minimum absolute atomic E-state index is 0.132. The molecule has 0 aliphatic rings. The van der Waals surface area contributed by atoms with E-state index in [1.165, 1.54) is 19.8 Å². The number of nitrogens with one attached hydrogen (secondary N) is 1. The number of rotatable bonds is 10. The Labute approximate surface area is 180 Å². The molecule has 0 aliphatic carbocycles. The number of allylic oxidation sites excluding steroid dienone is 8. The Morgan fingerprint density at radius 2 is 1.83 bits per heavy atom. The lowest BCUT2D eigenvalue weighted by molar-refractivity contribution is -0.117. The SMILES string of the molecule is CC=C(C)C(=O)C(C)C=C(C)C=CCC(C)=CCc1[nH]c(OC)c(OC)c(=O)c1C. The van der Waals surface area contributed by atoms with Crippen LogP contribution >= 0.6 is 0 Å². The molecule has 0 fully saturated rings. The quantitative estimate of drug-likeness (QED) is 0.323. The van der Waals surface area contributed by atoms with Gasteiger partial charge in [0, 0.05) is 23.6 Å². The average molecular weight is 414 g/mol. The van der Waals surface area contributed by atoms with Crippen molar-refractivity contribution in [2.24, 2.45) is 5.92 Å². The zero-order chi connectivity index (χ0) is 22.8. The van der Waals surface area contributed by atoms with Gasteiger partial charge in [-0.05, 0) is 46.6 Å². The summed E-state index contributed by atoms with van der Waals surface area (Å²) >= 11 is 0. The molecule has 30 heavy (non-hydrogen) atoms. The summed E-state index contributed by atoms with van der Waals surface area (Å²) in [5, 5.41) is 0. The summed E-state index contributed by atoms with van der Waals surface area (Å²) in [4.78, 5) is 27.7. The summed E-state index contributed by atoms with van der Waals surface area (Å²) in [5.41, 5.74) is 4.31. The topological polar surface area (TPSA) is 68.4 Å². The lowest BCUT2D eigenvalue weighted by atomic mass is 9.97. The van der Waals surface area contributed by atoms with Crippen LogP contribution in [0.15, 0.2) is 51.9 Å². The predicted molar refractivity (Wildman–Crippen MR) is 123 cm³/mol. The number of hydrogen-bond donors (Lipinski definition) is 1. The average Bonchev–Trinajstić information content (AvgIpc) is 2.73. The van der Waals surface area contributed by atoms with Crippen molar-refractivity contribution in [2.75, 3.05) is 14.2 Å². The van der Waals surface area contributed by atoms with E-state index in [1.54, 1.807) is 6.92 Å². The number of hydrogen-bond acceptors (Lipinski definition) is 4. The third kappa shape index (κ3) is 6.90. The predicted octanol–water partition coefficient (Wildman–Crippen LogP) is 5.25. The molecule has 0 amide bonds. The Bertz CT molecular complexity index is 929. The van der Waals surface area contributed by atoms with E-state index < -0.39 is 0 Å². The van der Waals surface area contributed by atoms with E-state index in [4.69, 9.17) is 9.47 Å². The van der Waals surface area contributed by atoms with Crippen molar-refractivity contribution in [3.8, 4) is 11.6 Å². The highest BCUT2D eigenvalue weighted by Gasteiger charge is 2.14. The Balaban J connectivity index is 2.82. The zero-order valence-corrected chi connectivity index (χ0v) is 19.5. The molecule has 164 valence electrons. The zero-order valence-electron chi connectivity index (χ0n) is 19.5. The van der Waals surface area contributed by atoms with Crippen LogP contribution in [0.3, 0.4) is 0 Å². The van der Waals surface area contributed by atoms with Gasteiger partial charge in [0.25, 0.3) is 0 Å². The second-order valence-corrected chi connectivity index (χ2v) is 7.52. The first-order valence-corrected chi connectivity index (χ1v) is 10.2. The molecule has 1 rings (SSSR count). The molecule has 0 saturated carbocycles. The van der Waals surface area contributed by atoms with Gasteiger partial charge in [-0.3, -0.25) is 9.59 Å². The highest BCUT2D eigenvalue weighted by atomic mass is 16.5. The Morgan fingerprint density at radius 3 is 2.40 bits per heavy atom. The van der Waals surface area contributed by atoms with E-state index in [9.17, 15) is 9.59 Å². The highest BCUT2D eigenvalue weighted by molar-refractivity contribution is 5.97. The first kappa shape index (κ1) is 25.2. The lowest BCUT2D eigenvalue weighted by Gasteiger charge is -2.11. The van der Waals surface area contributed by atoms with Gasteiger partial charge in [-0.25, -0.2) is 0 Å². The smallest absolute Gasteiger partial charge is 0.238 e. The van der Waals surface area contributed by atoms with Crippen molar-refractivity contribution >= 4 is 5.78 Å². The Hall–Kier alpha value is -2.82. The molecule has 1 heterocycles. The highest BCUT2D eigenvalue weighted by Crippen LogP contribution is 2.22. The van der Waals surface area contributed by atoms with Crippen molar-refractivity contribution in [3.63, 3.8) is 0 Å². The molecular weight excluding hydrogens is 378 g/mol. The number of Topliss-reactive ketones (excluding diaryl/α,β-unsaturated/α-hetero) is 1. The fourth-order valence-corrected chi connectivity index (χ4v) is 3.05. The van der Waals surface area contributed by atoms with E-state index in [1.807, 2.05) is 45.9 Å². The van der Waals surface area contributed by atoms with Crippen LogP contribution in [0.4, 0.5) is 0 Å². The molecule has 1 aromatic rings. The molecular formula is C25H35NO4. The van der Waals surface area contributed by atoms with Gasteiger partial charge in [0.15, 0.2) is 5.78 Å². The molecule has 5 nitrogen and oxygen atoms in total. The molecule has 0 spiro atoms. The fourth-order valence-electron chi connectivity index (χ4n) is 3.05. The van der Waals surface area contributed by atoms with E-state index in [0.29, 0.717) is 17.9 Å². The van der Waals surface area contributed by atoms with Crippen molar-refractivity contribution in [2.45, 2.75) is 54.4 Å². The normalized spacial score (nSPS) is 14.2. The lowest BCUT2D eigenvalue weighted by Crippen LogP contribution is -2.15. The molecule has 1 atom stereocenters. The second kappa shape index (κ2) is 12.0. The maximum atomic E-state index is 12.4. The molecule has 1 aromatic heterocycles. The summed E-state index contributed by atoms with van der Waals surface area (Å²) in [7, 11) is 2.96. The van der Waals surface area contributed by atoms with E-state index >= 15 is 0 Å². The molecule has 0 saturated heterocycles. The van der Waals surface area contributed by atoms with Gasteiger partial charge >= 0.3 is 0 Å². The molecule has 1 unspecified atom stereocenters. The molecule has 0 aliphatic heterocycles. The van der Waals surface area contributed by atoms with Crippen LogP contribution in [0.2, 0.25) is 0 Å². The number of aromatic amines is 1. The molecule has 0 aromatic carbocycles. The first-order chi connectivity index (χ1) is 14.2. The minimum Gasteiger partial charge on any atom is -0.488 e. The summed E-state index contributed by atoms with van der Waals surface area (Å²) < 4.78 is 10.4. The Morgan fingerprint density at radius 1 is 1.17 bits per heavy atom. The van der Waals surface area contributed by atoms with Gasteiger partial charge in [0.05, 0.1) is 14.2 Å². The van der Waals surface area contributed by atoms with Gasteiger partial charge in [-0.1, -0.05) is 48.5 Å². The first-order valence-electron chi connectivity index (χ1n) is 10.2. The largest absolute Gasteiger partial charge is 0.488 e. The molecule has 5 heteroatoms. The van der Waals surface area contributed by atoms with Crippen LogP contribution in [-0.2, 0) is 11.2 Å². The van der Waals surface area contributed by atoms with Crippen LogP contribution in [0.1, 0.15) is 52.3 Å². The standard InChI is InChI=1S/C25H35NO4/c1-9-18(4)22(27)19(5)15-17(3)12-10-11-16(2)13-14-21-20(6)23(28)24(29-7)25(26-21)30-8/h9-10,12-13,15,19H,11,14H2,1-8H3,(H,26,28). The maximum absolute atomic E-state index is 12.4. The number of ether oxygens (including phenoxy) is 2. The van der Waals surface area contributed by atoms with Gasteiger partial charge in [-0.15, -0.1) is 0 Å². The van der Waals surface area contributed by atoms with Crippen LogP contribution < -0.4 is 14.9 Å². The van der Waals surface area contributed by atoms with Crippen LogP contribution in [-0.4, -0.2) is 25.0 Å². The van der Waals surface area contributed by atoms with Crippen molar-refractivity contribution in [3.05, 3.63) is 68.6 Å². The summed E-state index contributed by atoms with van der Waals surface area (Å²) in [6.45, 7) is 11.5. The summed E-state index contributed by atoms with van der Waals surface area (Å²) in [6.07, 6.45) is 11.4. The van der Waals surface area contributed by atoms with E-state index in [0.717, 1.165) is 23.3 Å². The third-order valence-corrected chi connectivity index (χ3v) is 5.10. The van der Waals surface area contributed by atoms with Gasteiger partial charge in [0.1, 0.15) is 0 Å². The maximum Gasteiger partial charge on any atom is 0.238 e. The van der Waals surface area contributed by atoms with Crippen LogP contribution in [0.5, 0.6) is 11.6 Å². The van der Waals surface area contributed by atoms with Crippen LogP contribution in [0, 0.1) is 12.8 Å². The van der Waals surface area contributed by atoms with Crippen molar-refractivity contribution < 1.29 is 14.3 Å². The monoisotopic (exact) mass is 413 g/mol. The summed E-state index contributed by atoms with van der Waals surface area (Å²) in [5.74, 6) is 0.557. The number of carbonyl (C=O) groups excluding carboxylic acids is 1. The van der Waals surface area contributed by atoms with Gasteiger partial charge in [0.2, 0.25) is 17.1 Å². The fraction of sp³-hybridized carbons (Fsp3) is 0.440. The third-order valence-electron chi connectivity index (χ3n) is 5.10. The molecule has 1 N–H and O–H groups in total. The Kier molecular flexibility index (Phi) is 10.1. The second-order valence-electron chi connectivity index (χ2n) is 7.52.